The topological polar surface area (TPSA) is 38.0 Å². The minimum Gasteiger partial charge on any atom is -0.389 e. The molecule has 2 aromatic carbocycles. The average Bonchev–Trinajstić information content (AvgIpc) is 2.27. The molecule has 3 heteroatoms. The van der Waals surface area contributed by atoms with Crippen LogP contribution in [0, 0.1) is 0 Å². The van der Waals surface area contributed by atoms with Crippen LogP contribution in [-0.2, 0) is 0 Å². The molecule has 0 unspecified atom stereocenters. The van der Waals surface area contributed by atoms with Crippen molar-refractivity contribution in [2.24, 2.45) is 5.73 Å². The summed E-state index contributed by atoms with van der Waals surface area (Å²) in [4.78, 5) is 0.439. The molecule has 15 heavy (non-hydrogen) atoms. The van der Waals surface area contributed by atoms with Crippen molar-refractivity contribution in [1.82, 2.24) is 0 Å². The molecule has 2 nitrogen and oxygen atoms in total. The zero-order valence-electron chi connectivity index (χ0n) is 8.45. The zero-order valence-corrected chi connectivity index (χ0v) is 9.27. The lowest BCUT2D eigenvalue weighted by Gasteiger charge is -2.09. The van der Waals surface area contributed by atoms with Crippen LogP contribution >= 0.6 is 12.2 Å². The van der Waals surface area contributed by atoms with Gasteiger partial charge in [-0.05, 0) is 17.5 Å². The maximum absolute atomic E-state index is 5.68. The van der Waals surface area contributed by atoms with E-state index in [0.717, 1.165) is 22.0 Å². The number of fused-ring (bicyclic) bond motifs is 1. The molecule has 0 saturated heterocycles. The number of hydrogen-bond acceptors (Lipinski definition) is 2. The summed E-state index contributed by atoms with van der Waals surface area (Å²) in [6, 6.07) is 12.0. The van der Waals surface area contributed by atoms with Crippen molar-refractivity contribution >= 4 is 33.7 Å². The third-order valence-electron chi connectivity index (χ3n) is 2.46. The number of nitrogens with two attached hydrogens (primary N) is 1. The third kappa shape index (κ3) is 1.66. The predicted octanol–water partition coefficient (Wildman–Crippen LogP) is 2.52. The highest BCUT2D eigenvalue weighted by atomic mass is 32.1. The molecule has 0 amide bonds. The Morgan fingerprint density at radius 3 is 2.40 bits per heavy atom. The molecule has 0 aliphatic rings. The quantitative estimate of drug-likeness (QED) is 0.757. The lowest BCUT2D eigenvalue weighted by molar-refractivity contribution is 1.54. The van der Waals surface area contributed by atoms with Gasteiger partial charge < -0.3 is 11.1 Å². The molecule has 0 aliphatic carbocycles. The molecular weight excluding hydrogens is 204 g/mol. The van der Waals surface area contributed by atoms with Gasteiger partial charge in [0, 0.05) is 23.7 Å². The minimum atomic E-state index is 0.439. The lowest BCUT2D eigenvalue weighted by atomic mass is 10.0. The number of benzene rings is 2. The van der Waals surface area contributed by atoms with Crippen molar-refractivity contribution in [1.29, 1.82) is 0 Å². The molecule has 2 aromatic rings. The Bertz CT molecular complexity index is 520. The van der Waals surface area contributed by atoms with Gasteiger partial charge in [0.2, 0.25) is 0 Å². The van der Waals surface area contributed by atoms with E-state index in [2.05, 4.69) is 11.4 Å². The highest BCUT2D eigenvalue weighted by Crippen LogP contribution is 2.26. The normalized spacial score (nSPS) is 10.2. The van der Waals surface area contributed by atoms with Crippen LogP contribution in [0.5, 0.6) is 0 Å². The molecule has 0 heterocycles. The SMILES string of the molecule is CNc1ccc(C(N)=S)c2ccccc12. The number of hydrogen-bond donors (Lipinski definition) is 2. The fourth-order valence-corrected chi connectivity index (χ4v) is 1.91. The van der Waals surface area contributed by atoms with Crippen LogP contribution < -0.4 is 11.1 Å². The van der Waals surface area contributed by atoms with Gasteiger partial charge in [0.05, 0.1) is 0 Å². The fraction of sp³-hybridized carbons (Fsp3) is 0.0833. The largest absolute Gasteiger partial charge is 0.389 e. The van der Waals surface area contributed by atoms with Crippen LogP contribution in [0.3, 0.4) is 0 Å². The molecule has 76 valence electrons. The molecule has 3 N–H and O–H groups in total. The van der Waals surface area contributed by atoms with Crippen LogP contribution in [0.1, 0.15) is 5.56 Å². The monoisotopic (exact) mass is 216 g/mol. The van der Waals surface area contributed by atoms with Gasteiger partial charge in [0.15, 0.2) is 0 Å². The molecule has 0 bridgehead atoms. The minimum absolute atomic E-state index is 0.439. The third-order valence-corrected chi connectivity index (χ3v) is 2.68. The summed E-state index contributed by atoms with van der Waals surface area (Å²) < 4.78 is 0. The summed E-state index contributed by atoms with van der Waals surface area (Å²) in [7, 11) is 1.90. The standard InChI is InChI=1S/C12H12N2S/c1-14-11-7-6-10(12(13)15)8-4-2-3-5-9(8)11/h2-7,14H,1H3,(H2,13,15). The van der Waals surface area contributed by atoms with E-state index in [1.165, 1.54) is 0 Å². The fourth-order valence-electron chi connectivity index (χ4n) is 1.73. The van der Waals surface area contributed by atoms with E-state index >= 15 is 0 Å². The Hall–Kier alpha value is -1.61. The highest BCUT2D eigenvalue weighted by Gasteiger charge is 2.05. The van der Waals surface area contributed by atoms with Gasteiger partial charge in [-0.3, -0.25) is 0 Å². The molecular formula is C12H12N2S. The van der Waals surface area contributed by atoms with Gasteiger partial charge in [-0.1, -0.05) is 36.5 Å². The first-order valence-electron chi connectivity index (χ1n) is 4.73. The Morgan fingerprint density at radius 1 is 1.13 bits per heavy atom. The summed E-state index contributed by atoms with van der Waals surface area (Å²) >= 11 is 5.03. The summed E-state index contributed by atoms with van der Waals surface area (Å²) in [5, 5.41) is 5.39. The van der Waals surface area contributed by atoms with Crippen LogP contribution in [0.15, 0.2) is 36.4 Å². The first-order chi connectivity index (χ1) is 7.24. The molecule has 0 fully saturated rings. The summed E-state index contributed by atoms with van der Waals surface area (Å²) in [6.45, 7) is 0. The second-order valence-corrected chi connectivity index (χ2v) is 3.76. The van der Waals surface area contributed by atoms with Crippen molar-refractivity contribution in [3.05, 3.63) is 42.0 Å². The summed E-state index contributed by atoms with van der Waals surface area (Å²) in [5.41, 5.74) is 7.70. The molecule has 2 rings (SSSR count). The number of nitrogens with one attached hydrogen (secondary N) is 1. The van der Waals surface area contributed by atoms with Crippen LogP contribution in [0.4, 0.5) is 5.69 Å². The molecule has 0 atom stereocenters. The van der Waals surface area contributed by atoms with Gasteiger partial charge in [0.25, 0.3) is 0 Å². The van der Waals surface area contributed by atoms with E-state index < -0.39 is 0 Å². The summed E-state index contributed by atoms with van der Waals surface area (Å²) in [5.74, 6) is 0. The Balaban J connectivity index is 2.83. The number of anilines is 1. The maximum atomic E-state index is 5.68. The van der Waals surface area contributed by atoms with Gasteiger partial charge in [-0.25, -0.2) is 0 Å². The average molecular weight is 216 g/mol. The van der Waals surface area contributed by atoms with Gasteiger partial charge in [0.1, 0.15) is 4.99 Å². The van der Waals surface area contributed by atoms with Crippen molar-refractivity contribution < 1.29 is 0 Å². The van der Waals surface area contributed by atoms with Crippen molar-refractivity contribution in [3.8, 4) is 0 Å². The van der Waals surface area contributed by atoms with Crippen LogP contribution in [0.25, 0.3) is 10.8 Å². The molecule has 0 spiro atoms. The van der Waals surface area contributed by atoms with E-state index in [1.54, 1.807) is 0 Å². The molecule has 0 radical (unpaired) electrons. The van der Waals surface area contributed by atoms with E-state index in [9.17, 15) is 0 Å². The van der Waals surface area contributed by atoms with Crippen molar-refractivity contribution in [3.63, 3.8) is 0 Å². The molecule has 0 aliphatic heterocycles. The highest BCUT2D eigenvalue weighted by molar-refractivity contribution is 7.80. The van der Waals surface area contributed by atoms with Gasteiger partial charge in [-0.15, -0.1) is 0 Å². The maximum Gasteiger partial charge on any atom is 0.104 e. The van der Waals surface area contributed by atoms with Crippen LogP contribution in [-0.4, -0.2) is 12.0 Å². The van der Waals surface area contributed by atoms with Gasteiger partial charge >= 0.3 is 0 Å². The van der Waals surface area contributed by atoms with E-state index in [1.807, 2.05) is 37.4 Å². The predicted molar refractivity (Wildman–Crippen MR) is 69.4 cm³/mol. The zero-order chi connectivity index (χ0) is 10.8. The molecule has 0 aromatic heterocycles. The van der Waals surface area contributed by atoms with E-state index in [-0.39, 0.29) is 0 Å². The molecule has 0 saturated carbocycles. The first-order valence-corrected chi connectivity index (χ1v) is 5.14. The van der Waals surface area contributed by atoms with Gasteiger partial charge in [-0.2, -0.15) is 0 Å². The lowest BCUT2D eigenvalue weighted by Crippen LogP contribution is -2.10. The smallest absolute Gasteiger partial charge is 0.104 e. The second kappa shape index (κ2) is 3.87. The van der Waals surface area contributed by atoms with Crippen LogP contribution in [0.2, 0.25) is 0 Å². The summed E-state index contributed by atoms with van der Waals surface area (Å²) in [6.07, 6.45) is 0. The Labute approximate surface area is 94.1 Å². The van der Waals surface area contributed by atoms with E-state index in [4.69, 9.17) is 18.0 Å². The Morgan fingerprint density at radius 2 is 1.80 bits per heavy atom. The second-order valence-electron chi connectivity index (χ2n) is 3.32. The number of rotatable bonds is 2. The van der Waals surface area contributed by atoms with Crippen molar-refractivity contribution in [2.75, 3.05) is 12.4 Å². The van der Waals surface area contributed by atoms with Crippen molar-refractivity contribution in [2.45, 2.75) is 0 Å². The first kappa shape index (κ1) is 9.93. The van der Waals surface area contributed by atoms with E-state index in [0.29, 0.717) is 4.99 Å². The Kier molecular flexibility index (Phi) is 2.56. The number of thiocarbonyl (C=S) groups is 1.